The highest BCUT2D eigenvalue weighted by Gasteiger charge is 2.61. The van der Waals surface area contributed by atoms with Crippen molar-refractivity contribution in [2.24, 2.45) is 17.3 Å². The highest BCUT2D eigenvalue weighted by atomic mass is 35.5. The zero-order chi connectivity index (χ0) is 25.8. The molecule has 196 valence electrons. The van der Waals surface area contributed by atoms with E-state index in [1.54, 1.807) is 14.2 Å². The number of carbonyl (C=O) groups is 2. The first kappa shape index (κ1) is 24.6. The molecule has 0 unspecified atom stereocenters. The number of hydrogen-bond acceptors (Lipinski definition) is 5. The number of alkyl halides is 1. The molecular weight excluding hydrogens is 490 g/mol. The van der Waals surface area contributed by atoms with Gasteiger partial charge in [-0.25, -0.2) is 0 Å². The molecule has 4 saturated carbocycles. The Kier molecular flexibility index (Phi) is 6.14. The number of esters is 1. The van der Waals surface area contributed by atoms with E-state index < -0.39 is 5.41 Å². The number of fused-ring (bicyclic) bond motifs is 1. The van der Waals surface area contributed by atoms with Crippen molar-refractivity contribution in [3.8, 4) is 11.5 Å². The average molecular weight is 524 g/mol. The van der Waals surface area contributed by atoms with Crippen LogP contribution in [0.5, 0.6) is 11.5 Å². The van der Waals surface area contributed by atoms with E-state index in [-0.39, 0.29) is 29.4 Å². The van der Waals surface area contributed by atoms with Crippen LogP contribution in [0, 0.1) is 17.3 Å². The number of carbonyl (C=O) groups excluding carboxylic acids is 2. The fourth-order valence-corrected chi connectivity index (χ4v) is 8.65. The maximum absolute atomic E-state index is 13.6. The Morgan fingerprint density at radius 3 is 2.32 bits per heavy atom. The lowest BCUT2D eigenvalue weighted by Gasteiger charge is -2.58. The molecule has 1 heterocycles. The summed E-state index contributed by atoms with van der Waals surface area (Å²) in [6.45, 7) is 0.273. The molecule has 1 aliphatic heterocycles. The Labute approximate surface area is 223 Å². The van der Waals surface area contributed by atoms with Crippen LogP contribution in [0.15, 0.2) is 42.5 Å². The lowest BCUT2D eigenvalue weighted by atomic mass is 9.49. The Morgan fingerprint density at radius 1 is 1.00 bits per heavy atom. The minimum absolute atomic E-state index is 0.187. The molecule has 5 aliphatic rings. The van der Waals surface area contributed by atoms with Gasteiger partial charge in [0.15, 0.2) is 18.1 Å². The standard InChI is InChI=1S/C30H34ClNO5/c1-35-24-11-22-8-9-32(27(21-6-4-3-5-7-21)23(22)12-25(24)36-2)26(33)17-37-28(34)29-13-19-10-20(14-29)16-30(31,15-19)18-29/h3-7,11-12,19-20,27H,8-10,13-18H2,1-2H3/t19-,20-,27-,29?,30?/m1/s1. The van der Waals surface area contributed by atoms with E-state index in [1.165, 1.54) is 6.42 Å². The summed E-state index contributed by atoms with van der Waals surface area (Å²) in [6, 6.07) is 13.6. The molecule has 2 aromatic rings. The van der Waals surface area contributed by atoms with Crippen LogP contribution >= 0.6 is 11.6 Å². The first-order valence-electron chi connectivity index (χ1n) is 13.3. The molecule has 4 fully saturated rings. The van der Waals surface area contributed by atoms with Crippen molar-refractivity contribution in [3.05, 3.63) is 59.2 Å². The summed E-state index contributed by atoms with van der Waals surface area (Å²) < 4.78 is 16.9. The van der Waals surface area contributed by atoms with E-state index in [1.807, 2.05) is 47.4 Å². The van der Waals surface area contributed by atoms with Crippen molar-refractivity contribution in [1.29, 1.82) is 0 Å². The summed E-state index contributed by atoms with van der Waals surface area (Å²) in [5.41, 5.74) is 2.59. The highest BCUT2D eigenvalue weighted by Crippen LogP contribution is 2.64. The fraction of sp³-hybridized carbons (Fsp3) is 0.533. The molecule has 2 aromatic carbocycles. The molecule has 3 atom stereocenters. The van der Waals surface area contributed by atoms with Crippen molar-refractivity contribution in [2.75, 3.05) is 27.4 Å². The maximum Gasteiger partial charge on any atom is 0.312 e. The van der Waals surface area contributed by atoms with Gasteiger partial charge in [0.2, 0.25) is 0 Å². The van der Waals surface area contributed by atoms with Crippen LogP contribution in [0.4, 0.5) is 0 Å². The molecule has 0 N–H and O–H groups in total. The number of nitrogens with zero attached hydrogens (tertiary/aromatic N) is 1. The number of halogens is 1. The molecule has 7 heteroatoms. The number of amides is 1. The molecule has 4 bridgehead atoms. The van der Waals surface area contributed by atoms with Gasteiger partial charge in [-0.2, -0.15) is 0 Å². The van der Waals surface area contributed by atoms with E-state index >= 15 is 0 Å². The predicted octanol–water partition coefficient (Wildman–Crippen LogP) is 5.30. The number of ether oxygens (including phenoxy) is 3. The van der Waals surface area contributed by atoms with E-state index in [2.05, 4.69) is 0 Å². The lowest BCUT2D eigenvalue weighted by molar-refractivity contribution is -0.173. The van der Waals surface area contributed by atoms with Crippen LogP contribution in [0.3, 0.4) is 0 Å². The molecule has 6 nitrogen and oxygen atoms in total. The van der Waals surface area contributed by atoms with Crippen molar-refractivity contribution in [3.63, 3.8) is 0 Å². The number of methoxy groups -OCH3 is 2. The van der Waals surface area contributed by atoms with Gasteiger partial charge < -0.3 is 19.1 Å². The van der Waals surface area contributed by atoms with Gasteiger partial charge >= 0.3 is 5.97 Å². The number of benzene rings is 2. The number of hydrogen-bond donors (Lipinski definition) is 0. The highest BCUT2D eigenvalue weighted by molar-refractivity contribution is 6.24. The average Bonchev–Trinajstić information content (AvgIpc) is 2.89. The summed E-state index contributed by atoms with van der Waals surface area (Å²) in [5, 5.41) is 0. The Hall–Kier alpha value is -2.73. The second kappa shape index (κ2) is 9.23. The lowest BCUT2D eigenvalue weighted by Crippen LogP contribution is -2.56. The van der Waals surface area contributed by atoms with E-state index in [0.717, 1.165) is 42.4 Å². The molecule has 7 rings (SSSR count). The third-order valence-corrected chi connectivity index (χ3v) is 9.50. The topological polar surface area (TPSA) is 65.1 Å². The fourth-order valence-electron chi connectivity index (χ4n) is 7.96. The smallest absolute Gasteiger partial charge is 0.312 e. The minimum atomic E-state index is -0.524. The van der Waals surface area contributed by atoms with Crippen molar-refractivity contribution in [2.45, 2.75) is 55.9 Å². The predicted molar refractivity (Wildman–Crippen MR) is 140 cm³/mol. The molecule has 0 aromatic heterocycles. The SMILES string of the molecule is COc1cc2c(cc1OC)[C@@H](c1ccccc1)N(C(=O)COC(=O)C13C[C@H]4C[C@@H](CC(Cl)(C4)C1)C3)CC2. The van der Waals surface area contributed by atoms with Gasteiger partial charge in [0, 0.05) is 11.4 Å². The van der Waals surface area contributed by atoms with Gasteiger partial charge in [-0.15, -0.1) is 11.6 Å². The van der Waals surface area contributed by atoms with E-state index in [4.69, 9.17) is 25.8 Å². The molecule has 4 aliphatic carbocycles. The van der Waals surface area contributed by atoms with Gasteiger partial charge in [0.05, 0.1) is 25.7 Å². The molecule has 0 saturated heterocycles. The molecule has 37 heavy (non-hydrogen) atoms. The minimum Gasteiger partial charge on any atom is -0.493 e. The largest absolute Gasteiger partial charge is 0.493 e. The normalized spacial score (nSPS) is 31.5. The Morgan fingerprint density at radius 2 is 1.68 bits per heavy atom. The van der Waals surface area contributed by atoms with Gasteiger partial charge in [0.25, 0.3) is 5.91 Å². The van der Waals surface area contributed by atoms with Crippen LogP contribution in [-0.4, -0.2) is 49.0 Å². The van der Waals surface area contributed by atoms with Crippen LogP contribution in [-0.2, 0) is 20.7 Å². The summed E-state index contributed by atoms with van der Waals surface area (Å²) in [5.74, 6) is 1.87. The zero-order valence-corrected chi connectivity index (χ0v) is 22.3. The third-order valence-electron chi connectivity index (χ3n) is 9.06. The summed E-state index contributed by atoms with van der Waals surface area (Å²) in [7, 11) is 3.24. The summed E-state index contributed by atoms with van der Waals surface area (Å²) in [6.07, 6.45) is 6.21. The summed E-state index contributed by atoms with van der Waals surface area (Å²) in [4.78, 5) is 28.6. The second-order valence-corrected chi connectivity index (χ2v) is 12.3. The van der Waals surface area contributed by atoms with Gasteiger partial charge in [-0.05, 0) is 85.6 Å². The maximum atomic E-state index is 13.6. The monoisotopic (exact) mass is 523 g/mol. The van der Waals surface area contributed by atoms with Crippen LogP contribution in [0.2, 0.25) is 0 Å². The zero-order valence-electron chi connectivity index (χ0n) is 21.5. The molecule has 0 spiro atoms. The van der Waals surface area contributed by atoms with Crippen molar-refractivity contribution in [1.82, 2.24) is 4.90 Å². The van der Waals surface area contributed by atoms with Gasteiger partial charge in [-0.3, -0.25) is 9.59 Å². The number of rotatable bonds is 6. The van der Waals surface area contributed by atoms with Gasteiger partial charge in [-0.1, -0.05) is 30.3 Å². The Balaban J connectivity index is 1.24. The van der Waals surface area contributed by atoms with Crippen molar-refractivity contribution >= 4 is 23.5 Å². The van der Waals surface area contributed by atoms with E-state index in [0.29, 0.717) is 42.7 Å². The molecule has 1 amide bonds. The Bertz CT molecular complexity index is 1200. The van der Waals surface area contributed by atoms with Crippen LogP contribution in [0.25, 0.3) is 0 Å². The van der Waals surface area contributed by atoms with Crippen molar-refractivity contribution < 1.29 is 23.8 Å². The first-order valence-corrected chi connectivity index (χ1v) is 13.7. The molecular formula is C30H34ClNO5. The molecule has 0 radical (unpaired) electrons. The van der Waals surface area contributed by atoms with Gasteiger partial charge in [0.1, 0.15) is 0 Å². The van der Waals surface area contributed by atoms with Crippen LogP contribution in [0.1, 0.15) is 61.3 Å². The third kappa shape index (κ3) is 4.27. The van der Waals surface area contributed by atoms with E-state index in [9.17, 15) is 9.59 Å². The quantitative estimate of drug-likeness (QED) is 0.380. The van der Waals surface area contributed by atoms with Crippen LogP contribution < -0.4 is 9.47 Å². The second-order valence-electron chi connectivity index (χ2n) is 11.5. The summed E-state index contributed by atoms with van der Waals surface area (Å²) >= 11 is 6.93. The first-order chi connectivity index (χ1) is 17.8.